The Morgan fingerprint density at radius 1 is 0.500 bits per heavy atom. The molecule has 8 aromatic rings. The van der Waals surface area contributed by atoms with Crippen LogP contribution in [-0.4, -0.2) is 0 Å². The van der Waals surface area contributed by atoms with Crippen LogP contribution in [0, 0.1) is 11.3 Å². The topological polar surface area (TPSA) is 27.0 Å². The molecule has 48 heavy (non-hydrogen) atoms. The molecule has 2 nitrogen and oxygen atoms in total. The van der Waals surface area contributed by atoms with Gasteiger partial charge in [-0.2, -0.15) is 5.26 Å². The first-order valence-electron chi connectivity index (χ1n) is 16.5. The van der Waals surface area contributed by atoms with Crippen molar-refractivity contribution in [2.24, 2.45) is 0 Å². The summed E-state index contributed by atoms with van der Waals surface area (Å²) in [5, 5.41) is 17.3. The molecule has 1 aliphatic carbocycles. The van der Waals surface area contributed by atoms with Crippen molar-refractivity contribution in [3.63, 3.8) is 0 Å². The number of nitrogens with zero attached hydrogens (tertiary/aromatic N) is 2. The third-order valence-corrected chi connectivity index (χ3v) is 10.2. The van der Waals surface area contributed by atoms with Crippen LogP contribution in [0.2, 0.25) is 0 Å². The summed E-state index contributed by atoms with van der Waals surface area (Å²) in [7, 11) is 0. The molecule has 1 aliphatic rings. The molecular weight excluding hydrogens is 581 g/mol. The molecule has 0 unspecified atom stereocenters. The van der Waals surface area contributed by atoms with Crippen molar-refractivity contribution in [3.8, 4) is 28.3 Å². The summed E-state index contributed by atoms with van der Waals surface area (Å²) < 4.78 is 0. The molecule has 0 saturated carbocycles. The average Bonchev–Trinajstić information content (AvgIpc) is 3.38. The van der Waals surface area contributed by atoms with E-state index in [4.69, 9.17) is 0 Å². The van der Waals surface area contributed by atoms with Crippen molar-refractivity contribution in [3.05, 3.63) is 174 Å². The highest BCUT2D eigenvalue weighted by molar-refractivity contribution is 6.16. The molecule has 9 rings (SSSR count). The normalized spacial score (nSPS) is 12.9. The van der Waals surface area contributed by atoms with E-state index in [1.165, 1.54) is 65.7 Å². The summed E-state index contributed by atoms with van der Waals surface area (Å²) in [5.74, 6) is 0. The van der Waals surface area contributed by atoms with Gasteiger partial charge in [-0.3, -0.25) is 0 Å². The number of rotatable bonds is 5. The number of nitriles is 1. The molecule has 0 amide bonds. The van der Waals surface area contributed by atoms with Crippen molar-refractivity contribution in [2.45, 2.75) is 19.3 Å². The fourth-order valence-electron chi connectivity index (χ4n) is 7.83. The Labute approximate surface area is 280 Å². The lowest BCUT2D eigenvalue weighted by Crippen LogP contribution is -2.15. The highest BCUT2D eigenvalue weighted by Crippen LogP contribution is 2.51. The Balaban J connectivity index is 1.23. The SMILES string of the molecule is CC1(C)c2cccc3ccc4cc(-c5ccc(N(c6ccc(C#N)cc6)c6ccc(-c7ccccc7)cc6)c6ccccc56)cc1c4c23. The Morgan fingerprint density at radius 3 is 1.90 bits per heavy atom. The third kappa shape index (κ3) is 4.25. The van der Waals surface area contributed by atoms with Crippen LogP contribution in [-0.2, 0) is 5.41 Å². The van der Waals surface area contributed by atoms with Gasteiger partial charge in [-0.05, 0) is 115 Å². The molecule has 0 N–H and O–H groups in total. The van der Waals surface area contributed by atoms with E-state index in [0.717, 1.165) is 17.1 Å². The van der Waals surface area contributed by atoms with Crippen molar-refractivity contribution in [2.75, 3.05) is 4.90 Å². The van der Waals surface area contributed by atoms with E-state index >= 15 is 0 Å². The van der Waals surface area contributed by atoms with Gasteiger partial charge in [-0.15, -0.1) is 0 Å². The van der Waals surface area contributed by atoms with Gasteiger partial charge in [0.1, 0.15) is 0 Å². The lowest BCUT2D eigenvalue weighted by molar-refractivity contribution is 0.663. The molecule has 8 aromatic carbocycles. The van der Waals surface area contributed by atoms with Gasteiger partial charge in [0.15, 0.2) is 0 Å². The van der Waals surface area contributed by atoms with Crippen LogP contribution in [0.5, 0.6) is 0 Å². The van der Waals surface area contributed by atoms with Crippen LogP contribution in [0.25, 0.3) is 54.6 Å². The van der Waals surface area contributed by atoms with Gasteiger partial charge in [0.05, 0.1) is 17.3 Å². The van der Waals surface area contributed by atoms with E-state index in [9.17, 15) is 5.26 Å². The number of hydrogen-bond acceptors (Lipinski definition) is 2. The van der Waals surface area contributed by atoms with E-state index in [-0.39, 0.29) is 5.41 Å². The standard InChI is InChI=1S/C46H32N2/c1-46(2)41-14-8-11-33-17-18-34-27-35(28-42(46)45(34)44(33)41)38-25-26-43(40-13-7-6-12-39(38)40)48(36-21-15-30(29-47)16-22-36)37-23-19-32(20-24-37)31-9-4-3-5-10-31/h3-28H,1-2H3. The lowest BCUT2D eigenvalue weighted by atomic mass is 9.80. The molecule has 2 heteroatoms. The minimum Gasteiger partial charge on any atom is -0.310 e. The van der Waals surface area contributed by atoms with E-state index in [2.05, 4.69) is 152 Å². The van der Waals surface area contributed by atoms with Crippen LogP contribution >= 0.6 is 0 Å². The second kappa shape index (κ2) is 10.7. The maximum absolute atomic E-state index is 9.53. The number of anilines is 3. The largest absolute Gasteiger partial charge is 0.310 e. The summed E-state index contributed by atoms with van der Waals surface area (Å²) in [6, 6.07) is 58.8. The Hall–Kier alpha value is -6.17. The van der Waals surface area contributed by atoms with E-state index in [1.54, 1.807) is 0 Å². The zero-order valence-electron chi connectivity index (χ0n) is 26.9. The molecule has 0 spiro atoms. The van der Waals surface area contributed by atoms with Crippen molar-refractivity contribution < 1.29 is 0 Å². The molecule has 0 fully saturated rings. The van der Waals surface area contributed by atoms with Crippen LogP contribution < -0.4 is 4.90 Å². The number of hydrogen-bond donors (Lipinski definition) is 0. The maximum atomic E-state index is 9.53. The predicted molar refractivity (Wildman–Crippen MR) is 201 cm³/mol. The Morgan fingerprint density at radius 2 is 1.15 bits per heavy atom. The highest BCUT2D eigenvalue weighted by Gasteiger charge is 2.34. The molecular formula is C46H32N2. The highest BCUT2D eigenvalue weighted by atomic mass is 15.1. The predicted octanol–water partition coefficient (Wildman–Crippen LogP) is 12.5. The summed E-state index contributed by atoms with van der Waals surface area (Å²) in [6.45, 7) is 4.72. The first kappa shape index (κ1) is 28.1. The second-order valence-electron chi connectivity index (χ2n) is 13.3. The van der Waals surface area contributed by atoms with Gasteiger partial charge in [-0.1, -0.05) is 117 Å². The van der Waals surface area contributed by atoms with Gasteiger partial charge in [0.25, 0.3) is 0 Å². The van der Waals surface area contributed by atoms with Gasteiger partial charge in [-0.25, -0.2) is 0 Å². The second-order valence-corrected chi connectivity index (χ2v) is 13.3. The molecule has 226 valence electrons. The number of fused-ring (bicyclic) bond motifs is 1. The smallest absolute Gasteiger partial charge is 0.0991 e. The molecule has 0 heterocycles. The van der Waals surface area contributed by atoms with Gasteiger partial charge in [0.2, 0.25) is 0 Å². The molecule has 0 atom stereocenters. The zero-order chi connectivity index (χ0) is 32.4. The Bertz CT molecular complexity index is 2570. The van der Waals surface area contributed by atoms with Gasteiger partial charge in [0, 0.05) is 22.2 Å². The first-order valence-corrected chi connectivity index (χ1v) is 16.5. The Kier molecular flexibility index (Phi) is 6.26. The summed E-state index contributed by atoms with van der Waals surface area (Å²) in [5.41, 5.74) is 11.3. The number of benzene rings is 8. The summed E-state index contributed by atoms with van der Waals surface area (Å²) >= 11 is 0. The quantitative estimate of drug-likeness (QED) is 0.181. The molecule has 0 radical (unpaired) electrons. The van der Waals surface area contributed by atoms with E-state index in [1.807, 2.05) is 30.3 Å². The minimum absolute atomic E-state index is 0.0779. The first-order chi connectivity index (χ1) is 23.5. The molecule has 0 saturated heterocycles. The minimum atomic E-state index is -0.0779. The zero-order valence-corrected chi connectivity index (χ0v) is 26.9. The maximum Gasteiger partial charge on any atom is 0.0991 e. The van der Waals surface area contributed by atoms with Crippen LogP contribution in [0.15, 0.2) is 158 Å². The summed E-state index contributed by atoms with van der Waals surface area (Å²) in [6.07, 6.45) is 0. The van der Waals surface area contributed by atoms with Crippen LogP contribution in [0.3, 0.4) is 0 Å². The monoisotopic (exact) mass is 612 g/mol. The van der Waals surface area contributed by atoms with E-state index in [0.29, 0.717) is 5.56 Å². The van der Waals surface area contributed by atoms with Gasteiger partial charge >= 0.3 is 0 Å². The molecule has 0 aromatic heterocycles. The fourth-order valence-corrected chi connectivity index (χ4v) is 7.83. The molecule has 0 bridgehead atoms. The van der Waals surface area contributed by atoms with Crippen molar-refractivity contribution >= 4 is 49.4 Å². The molecule has 0 aliphatic heterocycles. The van der Waals surface area contributed by atoms with Crippen molar-refractivity contribution in [1.29, 1.82) is 5.26 Å². The van der Waals surface area contributed by atoms with E-state index < -0.39 is 0 Å². The summed E-state index contributed by atoms with van der Waals surface area (Å²) in [4.78, 5) is 2.30. The van der Waals surface area contributed by atoms with Crippen LogP contribution in [0.1, 0.15) is 30.5 Å². The van der Waals surface area contributed by atoms with Gasteiger partial charge < -0.3 is 4.90 Å². The average molecular weight is 613 g/mol. The van der Waals surface area contributed by atoms with Crippen molar-refractivity contribution in [1.82, 2.24) is 0 Å². The lowest BCUT2D eigenvalue weighted by Gasteiger charge is -2.28. The van der Waals surface area contributed by atoms with Crippen LogP contribution in [0.4, 0.5) is 17.1 Å². The third-order valence-electron chi connectivity index (χ3n) is 10.2. The fraction of sp³-hybridized carbons (Fsp3) is 0.0652.